The van der Waals surface area contributed by atoms with Crippen LogP contribution in [0.4, 0.5) is 0 Å². The van der Waals surface area contributed by atoms with E-state index in [1.807, 2.05) is 26.2 Å². The smallest absolute Gasteiger partial charge is 0.270 e. The van der Waals surface area contributed by atoms with Gasteiger partial charge in [0.15, 0.2) is 0 Å². The van der Waals surface area contributed by atoms with Gasteiger partial charge >= 0.3 is 0 Å². The lowest BCUT2D eigenvalue weighted by molar-refractivity contribution is 0.0508. The minimum absolute atomic E-state index is 0.00891. The molecule has 0 bridgehead atoms. The van der Waals surface area contributed by atoms with Gasteiger partial charge in [-0.3, -0.25) is 9.78 Å². The van der Waals surface area contributed by atoms with E-state index in [9.17, 15) is 4.79 Å². The van der Waals surface area contributed by atoms with Gasteiger partial charge in [0, 0.05) is 44.9 Å². The summed E-state index contributed by atoms with van der Waals surface area (Å²) in [6.07, 6.45) is 5.92. The number of hydrogen-bond donors (Lipinski definition) is 0. The summed E-state index contributed by atoms with van der Waals surface area (Å²) in [5.41, 5.74) is 1.57. The van der Waals surface area contributed by atoms with Gasteiger partial charge in [0.2, 0.25) is 0 Å². The van der Waals surface area contributed by atoms with Gasteiger partial charge in [-0.05, 0) is 18.6 Å². The highest BCUT2D eigenvalue weighted by Gasteiger charge is 2.35. The minimum Gasteiger partial charge on any atom is -0.371 e. The van der Waals surface area contributed by atoms with Crippen molar-refractivity contribution >= 4 is 17.5 Å². The molecule has 5 nitrogen and oxygen atoms in total. The Balaban J connectivity index is 1.83. The maximum atomic E-state index is 12.7. The Morgan fingerprint density at radius 3 is 3.00 bits per heavy atom. The fourth-order valence-corrected chi connectivity index (χ4v) is 3.16. The van der Waals surface area contributed by atoms with E-state index in [1.165, 1.54) is 0 Å². The Morgan fingerprint density at radius 2 is 2.36 bits per heavy atom. The molecule has 2 aromatic rings. The van der Waals surface area contributed by atoms with E-state index in [0.717, 1.165) is 12.0 Å². The molecule has 22 heavy (non-hydrogen) atoms. The fourth-order valence-electron chi connectivity index (χ4n) is 2.91. The molecule has 0 aromatic carbocycles. The summed E-state index contributed by atoms with van der Waals surface area (Å²) in [4.78, 5) is 18.6. The minimum atomic E-state index is -0.140. The van der Waals surface area contributed by atoms with Crippen molar-refractivity contribution in [3.8, 4) is 0 Å². The largest absolute Gasteiger partial charge is 0.371 e. The predicted molar refractivity (Wildman–Crippen MR) is 83.9 cm³/mol. The van der Waals surface area contributed by atoms with E-state index < -0.39 is 0 Å². The predicted octanol–water partition coefficient (Wildman–Crippen LogP) is 2.68. The summed E-state index contributed by atoms with van der Waals surface area (Å²) in [5, 5.41) is 0.561. The Kier molecular flexibility index (Phi) is 4.18. The first-order valence-corrected chi connectivity index (χ1v) is 7.56. The highest BCUT2D eigenvalue weighted by Crippen LogP contribution is 2.32. The Morgan fingerprint density at radius 1 is 1.55 bits per heavy atom. The maximum Gasteiger partial charge on any atom is 0.270 e. The standard InChI is InChI=1S/C16H18ClN3O2/c1-19-10-12(17)8-14(19)16(21)20(2)13-5-7-22-15(13)11-4-3-6-18-9-11/h3-4,6,8-10,13,15H,5,7H2,1-2H3/t13-,15+/m0/s1. The lowest BCUT2D eigenvalue weighted by atomic mass is 10.0. The zero-order valence-corrected chi connectivity index (χ0v) is 13.3. The summed E-state index contributed by atoms with van der Waals surface area (Å²) in [5.74, 6) is -0.0567. The lowest BCUT2D eigenvalue weighted by Gasteiger charge is -2.28. The molecule has 1 aliphatic heterocycles. The van der Waals surface area contributed by atoms with Gasteiger partial charge in [0.1, 0.15) is 11.8 Å². The van der Waals surface area contributed by atoms with Crippen LogP contribution in [0.1, 0.15) is 28.6 Å². The molecule has 1 amide bonds. The van der Waals surface area contributed by atoms with Crippen molar-refractivity contribution < 1.29 is 9.53 Å². The lowest BCUT2D eigenvalue weighted by Crippen LogP contribution is -2.39. The van der Waals surface area contributed by atoms with Gasteiger partial charge in [-0.15, -0.1) is 0 Å². The van der Waals surface area contributed by atoms with Crippen molar-refractivity contribution in [1.82, 2.24) is 14.5 Å². The zero-order chi connectivity index (χ0) is 15.7. The molecule has 0 saturated carbocycles. The van der Waals surface area contributed by atoms with E-state index in [-0.39, 0.29) is 18.1 Å². The number of aryl methyl sites for hydroxylation is 1. The van der Waals surface area contributed by atoms with Crippen LogP contribution in [0.2, 0.25) is 5.02 Å². The van der Waals surface area contributed by atoms with Crippen LogP contribution < -0.4 is 0 Å². The average Bonchev–Trinajstić information content (AvgIpc) is 3.13. The quantitative estimate of drug-likeness (QED) is 0.874. The summed E-state index contributed by atoms with van der Waals surface area (Å²) in [6, 6.07) is 5.54. The monoisotopic (exact) mass is 319 g/mol. The molecule has 1 saturated heterocycles. The van der Waals surface area contributed by atoms with Crippen LogP contribution in [-0.4, -0.2) is 40.1 Å². The highest BCUT2D eigenvalue weighted by atomic mass is 35.5. The molecule has 1 aliphatic rings. The van der Waals surface area contributed by atoms with E-state index >= 15 is 0 Å². The molecule has 0 N–H and O–H groups in total. The number of rotatable bonds is 3. The fraction of sp³-hybridized carbons (Fsp3) is 0.375. The second kappa shape index (κ2) is 6.10. The summed E-state index contributed by atoms with van der Waals surface area (Å²) < 4.78 is 7.57. The molecular weight excluding hydrogens is 302 g/mol. The molecule has 6 heteroatoms. The molecule has 3 heterocycles. The number of carbonyl (C=O) groups excluding carboxylic acids is 1. The number of nitrogens with zero attached hydrogens (tertiary/aromatic N) is 3. The molecule has 3 rings (SSSR count). The molecule has 2 aromatic heterocycles. The van der Waals surface area contributed by atoms with Crippen LogP contribution in [0.5, 0.6) is 0 Å². The van der Waals surface area contributed by atoms with Crippen molar-refractivity contribution in [2.45, 2.75) is 18.6 Å². The van der Waals surface area contributed by atoms with Crippen LogP contribution in [0.25, 0.3) is 0 Å². The third kappa shape index (κ3) is 2.74. The van der Waals surface area contributed by atoms with Crippen molar-refractivity contribution in [3.63, 3.8) is 0 Å². The van der Waals surface area contributed by atoms with Crippen molar-refractivity contribution in [2.24, 2.45) is 7.05 Å². The molecule has 0 radical (unpaired) electrons. The first-order valence-electron chi connectivity index (χ1n) is 7.18. The van der Waals surface area contributed by atoms with Gasteiger partial charge in [-0.1, -0.05) is 17.7 Å². The van der Waals surface area contributed by atoms with Crippen LogP contribution in [-0.2, 0) is 11.8 Å². The normalized spacial score (nSPS) is 21.0. The number of pyridine rings is 1. The topological polar surface area (TPSA) is 47.4 Å². The van der Waals surface area contributed by atoms with Gasteiger partial charge in [0.25, 0.3) is 5.91 Å². The SMILES string of the molecule is CN(C(=O)c1cc(Cl)cn1C)[C@H]1CCO[C@@H]1c1cccnc1. The van der Waals surface area contributed by atoms with Crippen molar-refractivity contribution in [1.29, 1.82) is 0 Å². The van der Waals surface area contributed by atoms with E-state index in [0.29, 0.717) is 17.3 Å². The molecule has 0 spiro atoms. The number of aromatic nitrogens is 2. The van der Waals surface area contributed by atoms with Gasteiger partial charge < -0.3 is 14.2 Å². The van der Waals surface area contributed by atoms with Gasteiger partial charge in [-0.2, -0.15) is 0 Å². The van der Waals surface area contributed by atoms with E-state index in [2.05, 4.69) is 4.98 Å². The Hall–Kier alpha value is -1.85. The Labute approximate surface area is 134 Å². The number of amides is 1. The molecule has 0 unspecified atom stereocenters. The Bertz CT molecular complexity index is 671. The number of ether oxygens (including phenoxy) is 1. The number of hydrogen-bond acceptors (Lipinski definition) is 3. The van der Waals surface area contributed by atoms with Gasteiger partial charge in [-0.25, -0.2) is 0 Å². The van der Waals surface area contributed by atoms with Crippen LogP contribution in [0, 0.1) is 0 Å². The van der Waals surface area contributed by atoms with Crippen molar-refractivity contribution in [3.05, 3.63) is 53.1 Å². The van der Waals surface area contributed by atoms with Crippen LogP contribution in [0.15, 0.2) is 36.8 Å². The van der Waals surface area contributed by atoms with Gasteiger partial charge in [0.05, 0.1) is 11.1 Å². The van der Waals surface area contributed by atoms with Crippen LogP contribution >= 0.6 is 11.6 Å². The van der Waals surface area contributed by atoms with E-state index in [1.54, 1.807) is 34.1 Å². The molecule has 116 valence electrons. The highest BCUT2D eigenvalue weighted by molar-refractivity contribution is 6.31. The number of carbonyl (C=O) groups is 1. The van der Waals surface area contributed by atoms with E-state index in [4.69, 9.17) is 16.3 Å². The zero-order valence-electron chi connectivity index (χ0n) is 12.6. The maximum absolute atomic E-state index is 12.7. The molecule has 1 fully saturated rings. The second-order valence-corrected chi connectivity index (χ2v) is 5.94. The second-order valence-electron chi connectivity index (χ2n) is 5.50. The number of halogens is 1. The molecule has 2 atom stereocenters. The van der Waals surface area contributed by atoms with Crippen molar-refractivity contribution in [2.75, 3.05) is 13.7 Å². The summed E-state index contributed by atoms with van der Waals surface area (Å²) >= 11 is 5.97. The first kappa shape index (κ1) is 15.1. The molecular formula is C16H18ClN3O2. The summed E-state index contributed by atoms with van der Waals surface area (Å²) in [6.45, 7) is 0.635. The molecule has 0 aliphatic carbocycles. The third-order valence-corrected chi connectivity index (χ3v) is 4.29. The summed E-state index contributed by atoms with van der Waals surface area (Å²) in [7, 11) is 3.63. The first-order chi connectivity index (χ1) is 10.6. The third-order valence-electron chi connectivity index (χ3n) is 4.08. The van der Waals surface area contributed by atoms with Crippen LogP contribution in [0.3, 0.4) is 0 Å². The number of likely N-dealkylation sites (N-methyl/N-ethyl adjacent to an activating group) is 1. The average molecular weight is 320 g/mol.